The predicted octanol–water partition coefficient (Wildman–Crippen LogP) is 0.887. The molecule has 0 aromatic carbocycles. The molecule has 1 aromatic rings. The average molecular weight is 208 g/mol. The summed E-state index contributed by atoms with van der Waals surface area (Å²) in [6.45, 7) is 4.63. The van der Waals surface area contributed by atoms with Crippen molar-refractivity contribution in [3.63, 3.8) is 0 Å². The van der Waals surface area contributed by atoms with Crippen LogP contribution in [0.3, 0.4) is 0 Å². The first-order valence-corrected chi connectivity index (χ1v) is 4.93. The summed E-state index contributed by atoms with van der Waals surface area (Å²) in [5.41, 5.74) is 6.00. The molecule has 1 rings (SSSR count). The highest BCUT2D eigenvalue weighted by Gasteiger charge is 2.02. The number of hydrogen-bond acceptors (Lipinski definition) is 4. The summed E-state index contributed by atoms with van der Waals surface area (Å²) in [7, 11) is 0. The van der Waals surface area contributed by atoms with E-state index in [1.165, 1.54) is 6.33 Å². The van der Waals surface area contributed by atoms with Gasteiger partial charge in [-0.1, -0.05) is 13.8 Å². The maximum atomic E-state index is 10.5. The Kier molecular flexibility index (Phi) is 4.03. The van der Waals surface area contributed by atoms with Crippen molar-refractivity contribution < 1.29 is 4.79 Å². The molecule has 0 saturated carbocycles. The highest BCUT2D eigenvalue weighted by Crippen LogP contribution is 2.13. The largest absolute Gasteiger partial charge is 0.370 e. The van der Waals surface area contributed by atoms with E-state index in [1.807, 2.05) is 6.07 Å². The van der Waals surface area contributed by atoms with Crippen LogP contribution in [0.25, 0.3) is 0 Å². The third-order valence-electron chi connectivity index (χ3n) is 1.96. The molecule has 1 amide bonds. The first-order valence-electron chi connectivity index (χ1n) is 4.93. The van der Waals surface area contributed by atoms with Crippen molar-refractivity contribution in [1.29, 1.82) is 0 Å². The molecule has 0 aliphatic carbocycles. The van der Waals surface area contributed by atoms with Gasteiger partial charge in [-0.25, -0.2) is 9.97 Å². The van der Waals surface area contributed by atoms with Gasteiger partial charge >= 0.3 is 0 Å². The fourth-order valence-electron chi connectivity index (χ4n) is 1.10. The Bertz CT molecular complexity index is 338. The third kappa shape index (κ3) is 3.93. The summed E-state index contributed by atoms with van der Waals surface area (Å²) in [4.78, 5) is 18.7. The minimum Gasteiger partial charge on any atom is -0.370 e. The molecule has 0 unspecified atom stereocenters. The van der Waals surface area contributed by atoms with E-state index in [2.05, 4.69) is 29.1 Å². The number of primary amides is 1. The van der Waals surface area contributed by atoms with Crippen molar-refractivity contribution in [2.45, 2.75) is 26.2 Å². The fraction of sp³-hybridized carbons (Fsp3) is 0.500. The van der Waals surface area contributed by atoms with E-state index in [0.717, 1.165) is 11.5 Å². The van der Waals surface area contributed by atoms with Gasteiger partial charge in [-0.05, 0) is 5.92 Å². The molecule has 0 saturated heterocycles. The number of carbonyl (C=O) groups is 1. The molecule has 5 heteroatoms. The molecule has 1 heterocycles. The van der Waals surface area contributed by atoms with Crippen LogP contribution in [-0.4, -0.2) is 22.4 Å². The van der Waals surface area contributed by atoms with Crippen LogP contribution in [0.15, 0.2) is 12.4 Å². The van der Waals surface area contributed by atoms with E-state index in [0.29, 0.717) is 18.9 Å². The van der Waals surface area contributed by atoms with Crippen LogP contribution in [0.5, 0.6) is 0 Å². The Hall–Kier alpha value is -1.65. The molecule has 5 nitrogen and oxygen atoms in total. The van der Waals surface area contributed by atoms with E-state index < -0.39 is 0 Å². The number of nitrogens with zero attached hydrogens (tertiary/aromatic N) is 2. The number of nitrogens with one attached hydrogen (secondary N) is 1. The van der Waals surface area contributed by atoms with Gasteiger partial charge in [0.2, 0.25) is 5.91 Å². The number of carbonyl (C=O) groups excluding carboxylic acids is 1. The van der Waals surface area contributed by atoms with Crippen LogP contribution in [0.1, 0.15) is 31.9 Å². The lowest BCUT2D eigenvalue weighted by atomic mass is 10.1. The van der Waals surface area contributed by atoms with E-state index in [4.69, 9.17) is 5.73 Å². The molecule has 82 valence electrons. The van der Waals surface area contributed by atoms with Gasteiger partial charge in [0.1, 0.15) is 12.1 Å². The number of hydrogen-bond donors (Lipinski definition) is 2. The lowest BCUT2D eigenvalue weighted by molar-refractivity contribution is -0.117. The van der Waals surface area contributed by atoms with Crippen LogP contribution >= 0.6 is 0 Å². The van der Waals surface area contributed by atoms with Crippen LogP contribution in [0, 0.1) is 0 Å². The first kappa shape index (κ1) is 11.4. The van der Waals surface area contributed by atoms with E-state index >= 15 is 0 Å². The molecule has 0 fully saturated rings. The van der Waals surface area contributed by atoms with Crippen LogP contribution < -0.4 is 11.1 Å². The zero-order chi connectivity index (χ0) is 11.3. The minimum atomic E-state index is -0.319. The molecule has 0 spiro atoms. The highest BCUT2D eigenvalue weighted by atomic mass is 16.1. The van der Waals surface area contributed by atoms with E-state index in [-0.39, 0.29) is 5.91 Å². The monoisotopic (exact) mass is 208 g/mol. The van der Waals surface area contributed by atoms with Crippen molar-refractivity contribution in [3.8, 4) is 0 Å². The van der Waals surface area contributed by atoms with Gasteiger partial charge in [-0.2, -0.15) is 0 Å². The Morgan fingerprint density at radius 3 is 2.87 bits per heavy atom. The second-order valence-corrected chi connectivity index (χ2v) is 3.63. The SMILES string of the molecule is CC(C)c1cc(NCCC(N)=O)ncn1. The van der Waals surface area contributed by atoms with Crippen molar-refractivity contribution in [2.75, 3.05) is 11.9 Å². The standard InChI is InChI=1S/C10H16N4O/c1-7(2)8-5-10(14-6-13-8)12-4-3-9(11)15/h5-7H,3-4H2,1-2H3,(H2,11,15)(H,12,13,14). The van der Waals surface area contributed by atoms with Gasteiger partial charge in [0.05, 0.1) is 0 Å². The predicted molar refractivity (Wildman–Crippen MR) is 58.4 cm³/mol. The zero-order valence-electron chi connectivity index (χ0n) is 9.03. The number of amides is 1. The Morgan fingerprint density at radius 2 is 2.27 bits per heavy atom. The molecule has 0 radical (unpaired) electrons. The third-order valence-corrected chi connectivity index (χ3v) is 1.96. The first-order chi connectivity index (χ1) is 7.09. The lowest BCUT2D eigenvalue weighted by Crippen LogP contribution is -2.16. The normalized spacial score (nSPS) is 10.3. The maximum absolute atomic E-state index is 10.5. The number of nitrogens with two attached hydrogens (primary N) is 1. The molecule has 0 aliphatic heterocycles. The summed E-state index contributed by atoms with van der Waals surface area (Å²) in [6.07, 6.45) is 1.82. The van der Waals surface area contributed by atoms with Crippen molar-refractivity contribution in [2.24, 2.45) is 5.73 Å². The van der Waals surface area contributed by atoms with Crippen molar-refractivity contribution in [1.82, 2.24) is 9.97 Å². The number of rotatable bonds is 5. The van der Waals surface area contributed by atoms with Gasteiger partial charge in [-0.15, -0.1) is 0 Å². The summed E-state index contributed by atoms with van der Waals surface area (Å²) in [5.74, 6) is 0.778. The highest BCUT2D eigenvalue weighted by molar-refractivity contribution is 5.74. The molecular weight excluding hydrogens is 192 g/mol. The van der Waals surface area contributed by atoms with Gasteiger partial charge in [0.25, 0.3) is 0 Å². The van der Waals surface area contributed by atoms with E-state index in [9.17, 15) is 4.79 Å². The minimum absolute atomic E-state index is 0.307. The zero-order valence-corrected chi connectivity index (χ0v) is 9.03. The van der Waals surface area contributed by atoms with Crippen molar-refractivity contribution in [3.05, 3.63) is 18.1 Å². The second-order valence-electron chi connectivity index (χ2n) is 3.63. The Morgan fingerprint density at radius 1 is 1.53 bits per heavy atom. The molecule has 0 aliphatic rings. The van der Waals surface area contributed by atoms with Gasteiger partial charge in [0.15, 0.2) is 0 Å². The van der Waals surface area contributed by atoms with Gasteiger partial charge in [-0.3, -0.25) is 4.79 Å². The smallest absolute Gasteiger partial charge is 0.219 e. The Labute approximate surface area is 89.1 Å². The van der Waals surface area contributed by atoms with Crippen LogP contribution in [0.2, 0.25) is 0 Å². The summed E-state index contributed by atoms with van der Waals surface area (Å²) in [6, 6.07) is 1.88. The average Bonchev–Trinajstić information content (AvgIpc) is 2.17. The summed E-state index contributed by atoms with van der Waals surface area (Å²) in [5, 5.41) is 3.02. The number of aromatic nitrogens is 2. The number of anilines is 1. The molecular formula is C10H16N4O. The fourth-order valence-corrected chi connectivity index (χ4v) is 1.10. The molecule has 15 heavy (non-hydrogen) atoms. The van der Waals surface area contributed by atoms with Crippen molar-refractivity contribution >= 4 is 11.7 Å². The van der Waals surface area contributed by atoms with Crippen LogP contribution in [0.4, 0.5) is 5.82 Å². The molecule has 3 N–H and O–H groups in total. The maximum Gasteiger partial charge on any atom is 0.219 e. The van der Waals surface area contributed by atoms with Crippen LogP contribution in [-0.2, 0) is 4.79 Å². The second kappa shape index (κ2) is 5.29. The molecule has 0 bridgehead atoms. The summed E-state index contributed by atoms with van der Waals surface area (Å²) >= 11 is 0. The molecule has 1 aromatic heterocycles. The van der Waals surface area contributed by atoms with E-state index in [1.54, 1.807) is 0 Å². The molecule has 0 atom stereocenters. The van der Waals surface area contributed by atoms with Gasteiger partial charge < -0.3 is 11.1 Å². The summed E-state index contributed by atoms with van der Waals surface area (Å²) < 4.78 is 0. The van der Waals surface area contributed by atoms with Gasteiger partial charge in [0, 0.05) is 24.7 Å². The lowest BCUT2D eigenvalue weighted by Gasteiger charge is -2.07. The topological polar surface area (TPSA) is 80.9 Å². The quantitative estimate of drug-likeness (QED) is 0.753. The Balaban J connectivity index is 2.54.